The third-order valence-electron chi connectivity index (χ3n) is 10.8. The first-order chi connectivity index (χ1) is 27.7. The zero-order chi connectivity index (χ0) is 41.7. The summed E-state index contributed by atoms with van der Waals surface area (Å²) in [5.74, 6) is -3.46. The smallest absolute Gasteiger partial charge is 0.291 e. The maximum atomic E-state index is 15.7. The second-order valence-electron chi connectivity index (χ2n) is 15.2. The Morgan fingerprint density at radius 1 is 1.00 bits per heavy atom. The predicted octanol–water partition coefficient (Wildman–Crippen LogP) is 3.93. The quantitative estimate of drug-likeness (QED) is 0.185. The van der Waals surface area contributed by atoms with Crippen LogP contribution >= 0.6 is 11.6 Å². The number of quaternary nitrogens is 1. The normalized spacial score (nSPS) is 16.4. The van der Waals surface area contributed by atoms with Crippen LogP contribution in [0.4, 0.5) is 14.5 Å². The lowest BCUT2D eigenvalue weighted by atomic mass is 10.00. The van der Waals surface area contributed by atoms with Crippen molar-refractivity contribution in [1.82, 2.24) is 34.4 Å². The van der Waals surface area contributed by atoms with E-state index < -0.39 is 17.5 Å². The molecule has 2 atom stereocenters. The highest BCUT2D eigenvalue weighted by atomic mass is 35.5. The fourth-order valence-corrected chi connectivity index (χ4v) is 7.65. The molecule has 14 nitrogen and oxygen atoms in total. The van der Waals surface area contributed by atoms with Gasteiger partial charge in [-0.1, -0.05) is 24.6 Å². The molecule has 2 unspecified atom stereocenters. The maximum Gasteiger partial charge on any atom is 0.291 e. The largest absolute Gasteiger partial charge is 0.359 e. The van der Waals surface area contributed by atoms with Gasteiger partial charge in [0.15, 0.2) is 17.5 Å². The molecule has 310 valence electrons. The minimum absolute atomic E-state index is 0.0331. The molecule has 58 heavy (non-hydrogen) atoms. The van der Waals surface area contributed by atoms with Gasteiger partial charge in [0.2, 0.25) is 11.8 Å². The SMILES string of the molecule is CCC(CC[NH+](C)C)C(=O)N1CCN(C(=O)c2ccc(NC(=O)c3ncc(-c4ccc(-c5cn(CC(=O)NC6CCCCO6)nc5C)c(F)c4F)n3C)cc2Cl)CC1. The van der Waals surface area contributed by atoms with Crippen molar-refractivity contribution in [2.24, 2.45) is 13.0 Å². The van der Waals surface area contributed by atoms with Crippen LogP contribution in [0.25, 0.3) is 22.4 Å². The van der Waals surface area contributed by atoms with Gasteiger partial charge in [0.1, 0.15) is 12.8 Å². The predicted molar refractivity (Wildman–Crippen MR) is 214 cm³/mol. The summed E-state index contributed by atoms with van der Waals surface area (Å²) in [6.45, 7) is 6.70. The Morgan fingerprint density at radius 2 is 1.71 bits per heavy atom. The van der Waals surface area contributed by atoms with E-state index in [9.17, 15) is 19.2 Å². The molecule has 0 spiro atoms. The molecule has 2 aliphatic rings. The molecule has 2 aromatic heterocycles. The summed E-state index contributed by atoms with van der Waals surface area (Å²) < 4.78 is 39.7. The van der Waals surface area contributed by atoms with Crippen LogP contribution in [-0.2, 0) is 27.9 Å². The number of piperazine rings is 1. The molecule has 4 aromatic rings. The van der Waals surface area contributed by atoms with E-state index in [1.54, 1.807) is 17.9 Å². The Hall–Kier alpha value is -5.19. The number of aromatic nitrogens is 4. The highest BCUT2D eigenvalue weighted by Crippen LogP contribution is 2.33. The molecular weight excluding hydrogens is 772 g/mol. The second-order valence-corrected chi connectivity index (χ2v) is 15.6. The number of hydrogen-bond acceptors (Lipinski definition) is 7. The van der Waals surface area contributed by atoms with Crippen LogP contribution in [0.3, 0.4) is 0 Å². The van der Waals surface area contributed by atoms with Crippen LogP contribution in [0.1, 0.15) is 65.7 Å². The van der Waals surface area contributed by atoms with E-state index in [1.807, 2.05) is 11.8 Å². The van der Waals surface area contributed by atoms with Gasteiger partial charge in [-0.15, -0.1) is 0 Å². The highest BCUT2D eigenvalue weighted by Gasteiger charge is 2.30. The molecule has 0 bridgehead atoms. The van der Waals surface area contributed by atoms with Crippen molar-refractivity contribution in [2.75, 3.05) is 58.7 Å². The molecule has 6 rings (SSSR count). The molecular formula is C41H51ClF2N9O5+. The van der Waals surface area contributed by atoms with Crippen molar-refractivity contribution in [3.05, 3.63) is 76.5 Å². The Balaban J connectivity index is 1.07. The van der Waals surface area contributed by atoms with E-state index in [0.717, 1.165) is 38.6 Å². The number of amides is 4. The summed E-state index contributed by atoms with van der Waals surface area (Å²) in [6.07, 6.45) is 6.65. The molecule has 2 saturated heterocycles. The van der Waals surface area contributed by atoms with Gasteiger partial charge in [-0.25, -0.2) is 13.8 Å². The number of imidazole rings is 1. The third-order valence-corrected chi connectivity index (χ3v) is 11.1. The van der Waals surface area contributed by atoms with Crippen LogP contribution in [0.15, 0.2) is 42.7 Å². The van der Waals surface area contributed by atoms with Gasteiger partial charge in [0.25, 0.3) is 11.8 Å². The number of nitrogens with zero attached hydrogens (tertiary/aromatic N) is 6. The van der Waals surface area contributed by atoms with E-state index in [-0.39, 0.29) is 69.6 Å². The number of nitrogens with one attached hydrogen (secondary N) is 3. The molecule has 2 aliphatic heterocycles. The Kier molecular flexibility index (Phi) is 13.6. The van der Waals surface area contributed by atoms with Gasteiger partial charge >= 0.3 is 0 Å². The standard InChI is InChI=1S/C41H50ClF2N9O5/c1-6-26(14-15-49(3)4)40(56)51-16-18-52(19-17-51)41(57)29-11-10-27(21-32(29)42)46-39(55)38-45-22-33(50(38)5)30-13-12-28(36(43)37(30)44)31-23-53(48-25(31)2)24-34(54)47-35-9-7-8-20-58-35/h10-13,21-23,26,35H,6-9,14-20,24H2,1-5H3,(H,46,55)(H,47,54)/p+1. The summed E-state index contributed by atoms with van der Waals surface area (Å²) >= 11 is 6.56. The van der Waals surface area contributed by atoms with Crippen molar-refractivity contribution in [3.63, 3.8) is 0 Å². The average molecular weight is 823 g/mol. The van der Waals surface area contributed by atoms with Crippen molar-refractivity contribution in [1.29, 1.82) is 0 Å². The van der Waals surface area contributed by atoms with E-state index in [2.05, 4.69) is 34.8 Å². The fraction of sp³-hybridized carbons (Fsp3) is 0.463. The van der Waals surface area contributed by atoms with Crippen molar-refractivity contribution < 1.29 is 37.6 Å². The zero-order valence-electron chi connectivity index (χ0n) is 33.5. The van der Waals surface area contributed by atoms with Gasteiger partial charge in [-0.3, -0.25) is 23.9 Å². The summed E-state index contributed by atoms with van der Waals surface area (Å²) in [6, 6.07) is 7.37. The number of carbonyl (C=O) groups is 4. The van der Waals surface area contributed by atoms with Gasteiger partial charge < -0.3 is 34.6 Å². The van der Waals surface area contributed by atoms with E-state index in [0.29, 0.717) is 49.7 Å². The van der Waals surface area contributed by atoms with Gasteiger partial charge in [0.05, 0.1) is 48.8 Å². The third kappa shape index (κ3) is 9.56. The summed E-state index contributed by atoms with van der Waals surface area (Å²) in [4.78, 5) is 61.5. The molecule has 0 saturated carbocycles. The summed E-state index contributed by atoms with van der Waals surface area (Å²) in [7, 11) is 5.65. The summed E-state index contributed by atoms with van der Waals surface area (Å²) in [5.41, 5.74) is 1.31. The summed E-state index contributed by atoms with van der Waals surface area (Å²) in [5, 5.41) is 10.0. The van der Waals surface area contributed by atoms with E-state index in [4.69, 9.17) is 16.3 Å². The van der Waals surface area contributed by atoms with Crippen LogP contribution in [0.5, 0.6) is 0 Å². The maximum absolute atomic E-state index is 15.7. The van der Waals surface area contributed by atoms with Crippen molar-refractivity contribution in [3.8, 4) is 22.4 Å². The van der Waals surface area contributed by atoms with Gasteiger partial charge in [0, 0.05) is 80.7 Å². The zero-order valence-corrected chi connectivity index (χ0v) is 34.3. The number of ether oxygens (including phenoxy) is 1. The number of benzene rings is 2. The van der Waals surface area contributed by atoms with Crippen LogP contribution in [-0.4, -0.2) is 112 Å². The number of anilines is 1. The van der Waals surface area contributed by atoms with Gasteiger partial charge in [-0.05, 0) is 56.9 Å². The molecule has 17 heteroatoms. The topological polar surface area (TPSA) is 148 Å². The molecule has 2 fully saturated rings. The van der Waals surface area contributed by atoms with E-state index >= 15 is 8.78 Å². The molecule has 2 aromatic carbocycles. The molecule has 4 amide bonds. The first-order valence-electron chi connectivity index (χ1n) is 19.7. The second kappa shape index (κ2) is 18.6. The minimum atomic E-state index is -1.14. The van der Waals surface area contributed by atoms with E-state index in [1.165, 1.54) is 57.9 Å². The lowest BCUT2D eigenvalue weighted by molar-refractivity contribution is -0.858. The van der Waals surface area contributed by atoms with Gasteiger partial charge in [-0.2, -0.15) is 5.10 Å². The average Bonchev–Trinajstić information content (AvgIpc) is 3.76. The number of aryl methyl sites for hydroxylation is 1. The Labute approximate surface area is 341 Å². The van der Waals surface area contributed by atoms with Crippen molar-refractivity contribution >= 4 is 40.9 Å². The minimum Gasteiger partial charge on any atom is -0.359 e. The molecule has 0 radical (unpaired) electrons. The van der Waals surface area contributed by atoms with Crippen LogP contribution < -0.4 is 15.5 Å². The molecule has 0 aliphatic carbocycles. The number of rotatable bonds is 13. The van der Waals surface area contributed by atoms with Crippen molar-refractivity contribution in [2.45, 2.75) is 58.7 Å². The number of hydrogen-bond donors (Lipinski definition) is 3. The fourth-order valence-electron chi connectivity index (χ4n) is 7.39. The van der Waals surface area contributed by atoms with Crippen LogP contribution in [0.2, 0.25) is 5.02 Å². The van der Waals surface area contributed by atoms with Crippen LogP contribution in [0, 0.1) is 24.5 Å². The molecule has 3 N–H and O–H groups in total. The monoisotopic (exact) mass is 822 g/mol. The lowest BCUT2D eigenvalue weighted by Crippen LogP contribution is -3.05. The number of carbonyl (C=O) groups excluding carboxylic acids is 4. The number of halogens is 3. The Morgan fingerprint density at radius 3 is 2.38 bits per heavy atom. The first-order valence-corrected chi connectivity index (χ1v) is 20.1. The lowest BCUT2D eigenvalue weighted by Gasteiger charge is -2.36. The highest BCUT2D eigenvalue weighted by molar-refractivity contribution is 6.34. The Bertz CT molecular complexity index is 2160. The molecule has 4 heterocycles. The first kappa shape index (κ1) is 42.4.